The Morgan fingerprint density at radius 2 is 2.26 bits per heavy atom. The zero-order valence-electron chi connectivity index (χ0n) is 10.4. The quantitative estimate of drug-likeness (QED) is 0.621. The van der Waals surface area contributed by atoms with Gasteiger partial charge in [-0.2, -0.15) is 5.26 Å². The Labute approximate surface area is 109 Å². The van der Waals surface area contributed by atoms with Crippen molar-refractivity contribution in [1.29, 1.82) is 5.26 Å². The molecule has 7 nitrogen and oxygen atoms in total. The number of hydrogen-bond donors (Lipinski definition) is 1. The number of carbonyl (C=O) groups is 1. The molecule has 1 N–H and O–H groups in total. The Morgan fingerprint density at radius 1 is 1.58 bits per heavy atom. The maximum absolute atomic E-state index is 11.0. The number of nitro benzene ring substituents is 1. The first-order chi connectivity index (χ1) is 9.01. The molecule has 0 fully saturated rings. The van der Waals surface area contributed by atoms with Crippen molar-refractivity contribution in [3.8, 4) is 6.07 Å². The van der Waals surface area contributed by atoms with Gasteiger partial charge in [0.25, 0.3) is 5.69 Å². The van der Waals surface area contributed by atoms with Gasteiger partial charge >= 0.3 is 5.97 Å². The number of benzene rings is 1. The number of aromatic carboxylic acids is 1. The lowest BCUT2D eigenvalue weighted by Crippen LogP contribution is -2.24. The van der Waals surface area contributed by atoms with E-state index >= 15 is 0 Å². The van der Waals surface area contributed by atoms with E-state index in [0.29, 0.717) is 25.2 Å². The molecule has 0 saturated heterocycles. The van der Waals surface area contributed by atoms with Crippen molar-refractivity contribution in [1.82, 2.24) is 0 Å². The highest BCUT2D eigenvalue weighted by atomic mass is 16.6. The predicted molar refractivity (Wildman–Crippen MR) is 68.2 cm³/mol. The lowest BCUT2D eigenvalue weighted by molar-refractivity contribution is -0.385. The number of nitriles is 1. The van der Waals surface area contributed by atoms with Gasteiger partial charge in [-0.25, -0.2) is 4.79 Å². The van der Waals surface area contributed by atoms with Crippen molar-refractivity contribution in [3.63, 3.8) is 0 Å². The van der Waals surface area contributed by atoms with Crippen LogP contribution in [0.1, 0.15) is 23.7 Å². The van der Waals surface area contributed by atoms with Gasteiger partial charge in [-0.3, -0.25) is 10.1 Å². The molecule has 0 heterocycles. The summed E-state index contributed by atoms with van der Waals surface area (Å²) in [5.41, 5.74) is -0.230. The van der Waals surface area contributed by atoms with Crippen molar-refractivity contribution in [2.75, 3.05) is 18.0 Å². The Hall–Kier alpha value is -2.62. The maximum Gasteiger partial charge on any atom is 0.342 e. The lowest BCUT2D eigenvalue weighted by atomic mass is 10.1. The topological polar surface area (TPSA) is 107 Å². The largest absolute Gasteiger partial charge is 0.477 e. The van der Waals surface area contributed by atoms with Crippen LogP contribution >= 0.6 is 0 Å². The van der Waals surface area contributed by atoms with E-state index in [2.05, 4.69) is 0 Å². The molecular formula is C12H13N3O4. The van der Waals surface area contributed by atoms with E-state index in [-0.39, 0.29) is 5.56 Å². The van der Waals surface area contributed by atoms with Crippen molar-refractivity contribution < 1.29 is 14.8 Å². The van der Waals surface area contributed by atoms with Crippen LogP contribution in [0.15, 0.2) is 18.2 Å². The van der Waals surface area contributed by atoms with E-state index in [1.54, 1.807) is 4.90 Å². The second-order valence-corrected chi connectivity index (χ2v) is 3.75. The van der Waals surface area contributed by atoms with Gasteiger partial charge in [0.05, 0.1) is 17.4 Å². The highest BCUT2D eigenvalue weighted by Gasteiger charge is 2.21. The van der Waals surface area contributed by atoms with Crippen LogP contribution in [0.5, 0.6) is 0 Å². The molecule has 0 radical (unpaired) electrons. The van der Waals surface area contributed by atoms with Gasteiger partial charge in [0.15, 0.2) is 0 Å². The molecule has 7 heteroatoms. The summed E-state index contributed by atoms with van der Waals surface area (Å²) in [5.74, 6) is -1.34. The molecule has 1 rings (SSSR count). The second-order valence-electron chi connectivity index (χ2n) is 3.75. The van der Waals surface area contributed by atoms with Crippen LogP contribution in [0.25, 0.3) is 0 Å². The average Bonchev–Trinajstić information content (AvgIpc) is 2.39. The fourth-order valence-electron chi connectivity index (χ4n) is 1.71. The van der Waals surface area contributed by atoms with Crippen molar-refractivity contribution in [2.45, 2.75) is 13.3 Å². The van der Waals surface area contributed by atoms with Crippen LogP contribution in [0, 0.1) is 21.4 Å². The molecule has 0 saturated carbocycles. The van der Waals surface area contributed by atoms with E-state index < -0.39 is 16.6 Å². The number of nitrogens with zero attached hydrogens (tertiary/aromatic N) is 3. The van der Waals surface area contributed by atoms with E-state index in [1.165, 1.54) is 18.2 Å². The minimum Gasteiger partial charge on any atom is -0.477 e. The number of rotatable bonds is 6. The molecule has 0 bridgehead atoms. The van der Waals surface area contributed by atoms with Crippen molar-refractivity contribution in [3.05, 3.63) is 33.9 Å². The SMILES string of the molecule is CCN(CCC#N)c1ccc([N+](=O)[O-])c(C(=O)O)c1. The summed E-state index contributed by atoms with van der Waals surface area (Å²) in [5, 5.41) is 28.3. The molecule has 0 unspecified atom stereocenters. The van der Waals surface area contributed by atoms with Crippen LogP contribution in [0.3, 0.4) is 0 Å². The number of carboxylic acid groups (broad SMARTS) is 1. The van der Waals surface area contributed by atoms with E-state index in [4.69, 9.17) is 10.4 Å². The van der Waals surface area contributed by atoms with Gasteiger partial charge in [-0.1, -0.05) is 0 Å². The Morgan fingerprint density at radius 3 is 2.74 bits per heavy atom. The molecule has 0 aromatic heterocycles. The highest BCUT2D eigenvalue weighted by molar-refractivity contribution is 5.93. The molecule has 0 amide bonds. The van der Waals surface area contributed by atoms with Gasteiger partial charge in [0.1, 0.15) is 5.56 Å². The molecular weight excluding hydrogens is 250 g/mol. The van der Waals surface area contributed by atoms with Crippen molar-refractivity contribution >= 4 is 17.3 Å². The third-order valence-corrected chi connectivity index (χ3v) is 2.65. The molecule has 100 valence electrons. The molecule has 1 aromatic rings. The third-order valence-electron chi connectivity index (χ3n) is 2.65. The third kappa shape index (κ3) is 3.42. The Bertz CT molecular complexity index is 536. The normalized spacial score (nSPS) is 9.68. The summed E-state index contributed by atoms with van der Waals surface area (Å²) >= 11 is 0. The van der Waals surface area contributed by atoms with Gasteiger partial charge in [0, 0.05) is 24.8 Å². The summed E-state index contributed by atoms with van der Waals surface area (Å²) in [6.07, 6.45) is 0.299. The Balaban J connectivity index is 3.17. The molecule has 0 aliphatic carbocycles. The van der Waals surface area contributed by atoms with Crippen LogP contribution in [0.4, 0.5) is 11.4 Å². The minimum absolute atomic E-state index is 0.299. The standard InChI is InChI=1S/C12H13N3O4/c1-2-14(7-3-6-13)9-4-5-11(15(18)19)10(8-9)12(16)17/h4-5,8H,2-3,7H2,1H3,(H,16,17). The monoisotopic (exact) mass is 263 g/mol. The van der Waals surface area contributed by atoms with E-state index in [1.807, 2.05) is 13.0 Å². The van der Waals surface area contributed by atoms with Gasteiger partial charge in [-0.15, -0.1) is 0 Å². The number of anilines is 1. The number of nitro groups is 1. The molecule has 0 atom stereocenters. The smallest absolute Gasteiger partial charge is 0.342 e. The predicted octanol–water partition coefficient (Wildman–Crippen LogP) is 2.03. The van der Waals surface area contributed by atoms with E-state index in [0.717, 1.165) is 0 Å². The van der Waals surface area contributed by atoms with Gasteiger partial charge in [-0.05, 0) is 19.1 Å². The van der Waals surface area contributed by atoms with Crippen LogP contribution < -0.4 is 4.90 Å². The summed E-state index contributed by atoms with van der Waals surface area (Å²) in [7, 11) is 0. The highest BCUT2D eigenvalue weighted by Crippen LogP contribution is 2.25. The Kier molecular flexibility index (Phi) is 4.83. The molecule has 0 aliphatic heterocycles. The van der Waals surface area contributed by atoms with Crippen LogP contribution in [-0.2, 0) is 0 Å². The lowest BCUT2D eigenvalue weighted by Gasteiger charge is -2.22. The molecule has 0 spiro atoms. The maximum atomic E-state index is 11.0. The average molecular weight is 263 g/mol. The summed E-state index contributed by atoms with van der Waals surface area (Å²) in [4.78, 5) is 22.8. The first kappa shape index (κ1) is 14.4. The number of carboxylic acids is 1. The van der Waals surface area contributed by atoms with Crippen molar-refractivity contribution in [2.24, 2.45) is 0 Å². The minimum atomic E-state index is -1.34. The fraction of sp³-hybridized carbons (Fsp3) is 0.333. The zero-order valence-corrected chi connectivity index (χ0v) is 10.4. The molecule has 0 aliphatic rings. The first-order valence-electron chi connectivity index (χ1n) is 5.64. The second kappa shape index (κ2) is 6.35. The summed E-state index contributed by atoms with van der Waals surface area (Å²) < 4.78 is 0. The fourth-order valence-corrected chi connectivity index (χ4v) is 1.71. The van der Waals surface area contributed by atoms with Gasteiger partial charge < -0.3 is 10.0 Å². The summed E-state index contributed by atoms with van der Waals surface area (Å²) in [6, 6.07) is 5.93. The molecule has 1 aromatic carbocycles. The van der Waals surface area contributed by atoms with Crippen LogP contribution in [-0.4, -0.2) is 29.1 Å². The zero-order chi connectivity index (χ0) is 14.4. The first-order valence-corrected chi connectivity index (χ1v) is 5.64. The molecule has 19 heavy (non-hydrogen) atoms. The van der Waals surface area contributed by atoms with Crippen LogP contribution in [0.2, 0.25) is 0 Å². The number of hydrogen-bond acceptors (Lipinski definition) is 5. The van der Waals surface area contributed by atoms with E-state index in [9.17, 15) is 14.9 Å². The van der Waals surface area contributed by atoms with Gasteiger partial charge in [0.2, 0.25) is 0 Å². The summed E-state index contributed by atoms with van der Waals surface area (Å²) in [6.45, 7) is 2.89.